The predicted molar refractivity (Wildman–Crippen MR) is 73.9 cm³/mol. The first-order valence-corrected chi connectivity index (χ1v) is 6.23. The molecule has 0 aliphatic heterocycles. The Morgan fingerprint density at radius 3 is 2.32 bits per heavy atom. The molecule has 98 valence electrons. The molecule has 2 rings (SSSR count). The number of hydrogen-bond acceptors (Lipinski definition) is 2. The number of carbonyl (C=O) groups is 1. The van der Waals surface area contributed by atoms with Gasteiger partial charge in [-0.2, -0.15) is 0 Å². The SMILES string of the molecule is O=C(O)[C@H](Oc1ccc(Cl)c(Cl)c1)c1ccccc1. The Morgan fingerprint density at radius 2 is 1.74 bits per heavy atom. The van der Waals surface area contributed by atoms with Gasteiger partial charge >= 0.3 is 5.97 Å². The highest BCUT2D eigenvalue weighted by atomic mass is 35.5. The Morgan fingerprint density at radius 1 is 1.05 bits per heavy atom. The molecular formula is C14H10Cl2O3. The molecule has 1 N–H and O–H groups in total. The van der Waals surface area contributed by atoms with Crippen LogP contribution in [0.1, 0.15) is 11.7 Å². The highest BCUT2D eigenvalue weighted by Crippen LogP contribution is 2.29. The van der Waals surface area contributed by atoms with Gasteiger partial charge in [0.1, 0.15) is 5.75 Å². The van der Waals surface area contributed by atoms with Crippen molar-refractivity contribution in [2.75, 3.05) is 0 Å². The largest absolute Gasteiger partial charge is 0.478 e. The molecule has 0 aliphatic carbocycles. The van der Waals surface area contributed by atoms with Crippen molar-refractivity contribution in [3.8, 4) is 5.75 Å². The molecule has 0 fully saturated rings. The Balaban J connectivity index is 2.27. The molecule has 2 aromatic carbocycles. The van der Waals surface area contributed by atoms with Crippen LogP contribution < -0.4 is 4.74 Å². The molecule has 0 spiro atoms. The van der Waals surface area contributed by atoms with Gasteiger partial charge in [-0.1, -0.05) is 53.5 Å². The molecule has 19 heavy (non-hydrogen) atoms. The molecule has 0 bridgehead atoms. The van der Waals surface area contributed by atoms with E-state index in [9.17, 15) is 9.90 Å². The highest BCUT2D eigenvalue weighted by Gasteiger charge is 2.21. The number of hydrogen-bond donors (Lipinski definition) is 1. The summed E-state index contributed by atoms with van der Waals surface area (Å²) in [5, 5.41) is 9.93. The van der Waals surface area contributed by atoms with E-state index in [1.807, 2.05) is 6.07 Å². The zero-order valence-corrected chi connectivity index (χ0v) is 11.2. The molecular weight excluding hydrogens is 287 g/mol. The van der Waals surface area contributed by atoms with Gasteiger partial charge in [-0.15, -0.1) is 0 Å². The van der Waals surface area contributed by atoms with Crippen molar-refractivity contribution < 1.29 is 14.6 Å². The van der Waals surface area contributed by atoms with Gasteiger partial charge in [-0.05, 0) is 12.1 Å². The first kappa shape index (κ1) is 13.7. The van der Waals surface area contributed by atoms with E-state index in [1.165, 1.54) is 6.07 Å². The van der Waals surface area contributed by atoms with Crippen molar-refractivity contribution in [2.24, 2.45) is 0 Å². The van der Waals surface area contributed by atoms with E-state index in [0.717, 1.165) is 0 Å². The molecule has 0 aromatic heterocycles. The van der Waals surface area contributed by atoms with Gasteiger partial charge in [0.25, 0.3) is 0 Å². The first-order valence-electron chi connectivity index (χ1n) is 5.47. The summed E-state index contributed by atoms with van der Waals surface area (Å²) in [6.07, 6.45) is -1.08. The normalized spacial score (nSPS) is 11.9. The van der Waals surface area contributed by atoms with Crippen LogP contribution in [0.5, 0.6) is 5.75 Å². The zero-order chi connectivity index (χ0) is 13.8. The number of benzene rings is 2. The fourth-order valence-corrected chi connectivity index (χ4v) is 1.86. The van der Waals surface area contributed by atoms with Crippen LogP contribution in [-0.2, 0) is 4.79 Å². The highest BCUT2D eigenvalue weighted by molar-refractivity contribution is 6.42. The summed E-state index contributed by atoms with van der Waals surface area (Å²) < 4.78 is 5.46. The van der Waals surface area contributed by atoms with Crippen molar-refractivity contribution in [3.63, 3.8) is 0 Å². The number of carboxylic acids is 1. The van der Waals surface area contributed by atoms with E-state index in [4.69, 9.17) is 27.9 Å². The second kappa shape index (κ2) is 5.95. The average molecular weight is 297 g/mol. The molecule has 0 heterocycles. The predicted octanol–water partition coefficient (Wildman–Crippen LogP) is 4.20. The van der Waals surface area contributed by atoms with E-state index >= 15 is 0 Å². The van der Waals surface area contributed by atoms with Gasteiger partial charge in [0.05, 0.1) is 10.0 Å². The van der Waals surface area contributed by atoms with Crippen molar-refractivity contribution in [3.05, 3.63) is 64.1 Å². The Labute approximate surface area is 120 Å². The number of halogens is 2. The van der Waals surface area contributed by atoms with Crippen LogP contribution >= 0.6 is 23.2 Å². The summed E-state index contributed by atoms with van der Waals surface area (Å²) in [7, 11) is 0. The standard InChI is InChI=1S/C14H10Cl2O3/c15-11-7-6-10(8-12(11)16)19-13(14(17)18)9-4-2-1-3-5-9/h1-8,13H,(H,17,18)/t13-/m1/s1. The fourth-order valence-electron chi connectivity index (χ4n) is 1.58. The Hall–Kier alpha value is -1.71. The van der Waals surface area contributed by atoms with Crippen molar-refractivity contribution in [1.29, 1.82) is 0 Å². The Bertz CT molecular complexity index is 584. The van der Waals surface area contributed by atoms with E-state index < -0.39 is 12.1 Å². The molecule has 0 saturated carbocycles. The number of ether oxygens (including phenoxy) is 1. The first-order chi connectivity index (χ1) is 9.08. The fraction of sp³-hybridized carbons (Fsp3) is 0.0714. The minimum Gasteiger partial charge on any atom is -0.478 e. The van der Waals surface area contributed by atoms with E-state index in [1.54, 1.807) is 36.4 Å². The summed E-state index contributed by atoms with van der Waals surface area (Å²) in [6, 6.07) is 13.3. The van der Waals surface area contributed by atoms with Crippen molar-refractivity contribution in [2.45, 2.75) is 6.10 Å². The van der Waals surface area contributed by atoms with Gasteiger partial charge < -0.3 is 9.84 Å². The minimum atomic E-state index is -1.08. The maximum Gasteiger partial charge on any atom is 0.349 e. The van der Waals surface area contributed by atoms with Crippen LogP contribution in [0.2, 0.25) is 10.0 Å². The summed E-state index contributed by atoms with van der Waals surface area (Å²) >= 11 is 11.7. The summed E-state index contributed by atoms with van der Waals surface area (Å²) in [4.78, 5) is 11.3. The molecule has 0 unspecified atom stereocenters. The number of rotatable bonds is 4. The maximum atomic E-state index is 11.3. The van der Waals surface area contributed by atoms with Crippen molar-refractivity contribution >= 4 is 29.2 Å². The molecule has 0 saturated heterocycles. The van der Waals surface area contributed by atoms with Gasteiger partial charge in [-0.3, -0.25) is 0 Å². The second-order valence-electron chi connectivity index (χ2n) is 3.82. The Kier molecular flexibility index (Phi) is 4.30. The molecule has 1 atom stereocenters. The monoisotopic (exact) mass is 296 g/mol. The van der Waals surface area contributed by atoms with Gasteiger partial charge in [-0.25, -0.2) is 4.79 Å². The smallest absolute Gasteiger partial charge is 0.349 e. The van der Waals surface area contributed by atoms with Gasteiger partial charge in [0.2, 0.25) is 6.10 Å². The van der Waals surface area contributed by atoms with Gasteiger partial charge in [0.15, 0.2) is 0 Å². The van der Waals surface area contributed by atoms with Crippen LogP contribution in [-0.4, -0.2) is 11.1 Å². The average Bonchev–Trinajstić information content (AvgIpc) is 2.40. The van der Waals surface area contributed by atoms with E-state index in [-0.39, 0.29) is 0 Å². The summed E-state index contributed by atoms with van der Waals surface area (Å²) in [5.74, 6) is -0.720. The molecule has 3 nitrogen and oxygen atoms in total. The summed E-state index contributed by atoms with van der Waals surface area (Å²) in [5.41, 5.74) is 0.557. The third-order valence-electron chi connectivity index (χ3n) is 2.47. The molecule has 2 aromatic rings. The number of aliphatic carboxylic acids is 1. The van der Waals surface area contributed by atoms with E-state index in [2.05, 4.69) is 0 Å². The topological polar surface area (TPSA) is 46.5 Å². The van der Waals surface area contributed by atoms with Gasteiger partial charge in [0, 0.05) is 11.6 Å². The zero-order valence-electron chi connectivity index (χ0n) is 9.72. The third-order valence-corrected chi connectivity index (χ3v) is 3.21. The van der Waals surface area contributed by atoms with Crippen LogP contribution in [0.4, 0.5) is 0 Å². The van der Waals surface area contributed by atoms with Crippen LogP contribution in [0.15, 0.2) is 48.5 Å². The van der Waals surface area contributed by atoms with Crippen molar-refractivity contribution in [1.82, 2.24) is 0 Å². The number of carboxylic acid groups (broad SMARTS) is 1. The van der Waals surface area contributed by atoms with E-state index in [0.29, 0.717) is 21.4 Å². The lowest BCUT2D eigenvalue weighted by Gasteiger charge is -2.15. The molecule has 5 heteroatoms. The lowest BCUT2D eigenvalue weighted by Crippen LogP contribution is -2.18. The lowest BCUT2D eigenvalue weighted by molar-refractivity contribution is -0.145. The molecule has 0 amide bonds. The third kappa shape index (κ3) is 3.40. The van der Waals surface area contributed by atoms with Crippen LogP contribution in [0.3, 0.4) is 0 Å². The maximum absolute atomic E-state index is 11.3. The lowest BCUT2D eigenvalue weighted by atomic mass is 10.1. The summed E-state index contributed by atoms with van der Waals surface area (Å²) in [6.45, 7) is 0. The van der Waals surface area contributed by atoms with Crippen LogP contribution in [0.25, 0.3) is 0 Å². The molecule has 0 radical (unpaired) electrons. The minimum absolute atomic E-state index is 0.316. The second-order valence-corrected chi connectivity index (χ2v) is 4.64. The quantitative estimate of drug-likeness (QED) is 0.920. The molecule has 0 aliphatic rings. The van der Waals surface area contributed by atoms with Crippen LogP contribution in [0, 0.1) is 0 Å².